The van der Waals surface area contributed by atoms with Crippen molar-refractivity contribution in [3.63, 3.8) is 0 Å². The summed E-state index contributed by atoms with van der Waals surface area (Å²) in [6.07, 6.45) is 1.91. The first kappa shape index (κ1) is 19.8. The molecule has 0 aliphatic rings. The van der Waals surface area contributed by atoms with E-state index in [1.807, 2.05) is 13.2 Å². The van der Waals surface area contributed by atoms with Crippen molar-refractivity contribution >= 4 is 45.0 Å². The van der Waals surface area contributed by atoms with Gasteiger partial charge in [0.1, 0.15) is 0 Å². The second-order valence-electron chi connectivity index (χ2n) is 5.44. The van der Waals surface area contributed by atoms with E-state index in [0.29, 0.717) is 10.7 Å². The van der Waals surface area contributed by atoms with Crippen LogP contribution in [0.3, 0.4) is 0 Å². The topological polar surface area (TPSA) is 66.5 Å². The maximum absolute atomic E-state index is 12.6. The molecule has 0 radical (unpaired) electrons. The summed E-state index contributed by atoms with van der Waals surface area (Å²) in [5, 5.41) is 3.19. The summed E-state index contributed by atoms with van der Waals surface area (Å²) in [7, 11) is -2.36. The molecule has 0 heterocycles. The Hall–Kier alpha value is -1.54. The van der Waals surface area contributed by atoms with Gasteiger partial charge < -0.3 is 5.32 Å². The van der Waals surface area contributed by atoms with Crippen LogP contribution < -0.4 is 5.32 Å². The molecule has 8 heteroatoms. The van der Waals surface area contributed by atoms with Gasteiger partial charge in [-0.25, -0.2) is 8.42 Å². The average Bonchev–Trinajstić information content (AvgIpc) is 2.58. The Morgan fingerprint density at radius 1 is 1.20 bits per heavy atom. The minimum absolute atomic E-state index is 0.152. The van der Waals surface area contributed by atoms with Crippen LogP contribution in [0, 0.1) is 6.92 Å². The molecule has 1 amide bonds. The van der Waals surface area contributed by atoms with E-state index in [4.69, 9.17) is 11.6 Å². The van der Waals surface area contributed by atoms with Crippen molar-refractivity contribution in [2.75, 3.05) is 25.2 Å². The van der Waals surface area contributed by atoms with E-state index in [2.05, 4.69) is 5.32 Å². The molecule has 2 rings (SSSR count). The minimum Gasteiger partial charge on any atom is -0.325 e. The zero-order valence-electron chi connectivity index (χ0n) is 14.1. The van der Waals surface area contributed by atoms with Gasteiger partial charge in [0, 0.05) is 22.7 Å². The smallest absolute Gasteiger partial charge is 0.243 e. The van der Waals surface area contributed by atoms with Crippen LogP contribution in [0.5, 0.6) is 0 Å². The van der Waals surface area contributed by atoms with Gasteiger partial charge >= 0.3 is 0 Å². The third-order valence-corrected chi connectivity index (χ3v) is 6.40. The number of benzene rings is 2. The molecule has 0 spiro atoms. The van der Waals surface area contributed by atoms with Crippen molar-refractivity contribution in [1.82, 2.24) is 4.31 Å². The van der Waals surface area contributed by atoms with Crippen LogP contribution >= 0.6 is 23.4 Å². The fourth-order valence-electron chi connectivity index (χ4n) is 2.13. The predicted molar refractivity (Wildman–Crippen MR) is 103 cm³/mol. The maximum atomic E-state index is 12.6. The molecule has 0 atom stereocenters. The molecule has 0 saturated carbocycles. The monoisotopic (exact) mass is 398 g/mol. The Bertz CT molecular complexity index is 868. The van der Waals surface area contributed by atoms with Crippen molar-refractivity contribution in [2.45, 2.75) is 16.7 Å². The molecule has 2 aromatic carbocycles. The van der Waals surface area contributed by atoms with Crippen LogP contribution in [0.4, 0.5) is 5.69 Å². The van der Waals surface area contributed by atoms with E-state index in [9.17, 15) is 13.2 Å². The van der Waals surface area contributed by atoms with Crippen LogP contribution in [-0.4, -0.2) is 38.5 Å². The van der Waals surface area contributed by atoms with Crippen molar-refractivity contribution in [3.8, 4) is 0 Å². The van der Waals surface area contributed by atoms with Crippen molar-refractivity contribution in [2.24, 2.45) is 0 Å². The van der Waals surface area contributed by atoms with Gasteiger partial charge in [-0.1, -0.05) is 17.7 Å². The number of anilines is 1. The molecule has 1 N–H and O–H groups in total. The number of rotatable bonds is 6. The summed E-state index contributed by atoms with van der Waals surface area (Å²) in [5.41, 5.74) is 1.41. The van der Waals surface area contributed by atoms with Crippen LogP contribution in [0.1, 0.15) is 5.56 Å². The molecule has 0 saturated heterocycles. The first-order chi connectivity index (χ1) is 11.7. The molecule has 25 heavy (non-hydrogen) atoms. The number of nitrogens with zero attached hydrogens (tertiary/aromatic N) is 1. The number of carbonyl (C=O) groups is 1. The number of halogens is 1. The fourth-order valence-corrected chi connectivity index (χ4v) is 3.84. The maximum Gasteiger partial charge on any atom is 0.243 e. The number of amides is 1. The van der Waals surface area contributed by atoms with E-state index in [0.717, 1.165) is 14.8 Å². The zero-order chi connectivity index (χ0) is 18.6. The number of hydrogen-bond acceptors (Lipinski definition) is 4. The molecule has 0 unspecified atom stereocenters. The minimum atomic E-state index is -3.73. The lowest BCUT2D eigenvalue weighted by atomic mass is 10.2. The molecule has 0 aromatic heterocycles. The van der Waals surface area contributed by atoms with Crippen molar-refractivity contribution < 1.29 is 13.2 Å². The second-order valence-corrected chi connectivity index (χ2v) is 8.81. The number of sulfonamides is 1. The summed E-state index contributed by atoms with van der Waals surface area (Å²) in [4.78, 5) is 13.3. The molecule has 134 valence electrons. The summed E-state index contributed by atoms with van der Waals surface area (Å²) >= 11 is 7.45. The summed E-state index contributed by atoms with van der Waals surface area (Å²) in [6, 6.07) is 11.7. The van der Waals surface area contributed by atoms with Gasteiger partial charge in [-0.15, -0.1) is 11.8 Å². The van der Waals surface area contributed by atoms with Gasteiger partial charge in [0.05, 0.1) is 11.4 Å². The summed E-state index contributed by atoms with van der Waals surface area (Å²) < 4.78 is 26.1. The lowest BCUT2D eigenvalue weighted by Gasteiger charge is -2.17. The molecule has 0 aliphatic heterocycles. The third-order valence-electron chi connectivity index (χ3n) is 3.61. The predicted octanol–water partition coefficient (Wildman–Crippen LogP) is 3.63. The highest BCUT2D eigenvalue weighted by Gasteiger charge is 2.23. The normalized spacial score (nSPS) is 11.6. The third kappa shape index (κ3) is 4.98. The molecular formula is C17H19ClN2O3S2. The lowest BCUT2D eigenvalue weighted by molar-refractivity contribution is -0.116. The number of thioether (sulfide) groups is 1. The molecule has 0 fully saturated rings. The standard InChI is InChI=1S/C17H19ClN2O3S2/c1-12-4-5-13(18)10-16(12)19-17(21)11-20(2)25(22,23)15-8-6-14(24-3)7-9-15/h4-10H,11H2,1-3H3,(H,19,21). The van der Waals surface area contributed by atoms with Gasteiger partial charge in [-0.3, -0.25) is 4.79 Å². The molecule has 0 bridgehead atoms. The Kier molecular flexibility index (Phi) is 6.51. The number of hydrogen-bond donors (Lipinski definition) is 1. The Morgan fingerprint density at radius 2 is 1.84 bits per heavy atom. The quantitative estimate of drug-likeness (QED) is 0.754. The highest BCUT2D eigenvalue weighted by Crippen LogP contribution is 2.21. The van der Waals surface area contributed by atoms with E-state index >= 15 is 0 Å². The van der Waals surface area contributed by atoms with Crippen LogP contribution in [0.15, 0.2) is 52.3 Å². The average molecular weight is 399 g/mol. The van der Waals surface area contributed by atoms with Gasteiger partial charge in [-0.05, 0) is 55.1 Å². The Balaban J connectivity index is 2.10. The second kappa shape index (κ2) is 8.23. The first-order valence-corrected chi connectivity index (χ1v) is 10.4. The van der Waals surface area contributed by atoms with Crippen molar-refractivity contribution in [1.29, 1.82) is 0 Å². The van der Waals surface area contributed by atoms with Gasteiger partial charge in [0.2, 0.25) is 15.9 Å². The Morgan fingerprint density at radius 3 is 2.44 bits per heavy atom. The van der Waals surface area contributed by atoms with E-state index in [1.165, 1.54) is 30.9 Å². The summed E-state index contributed by atoms with van der Waals surface area (Å²) in [6.45, 7) is 1.54. The van der Waals surface area contributed by atoms with E-state index in [1.54, 1.807) is 30.3 Å². The molecule has 0 aliphatic carbocycles. The van der Waals surface area contributed by atoms with Gasteiger partial charge in [0.15, 0.2) is 0 Å². The summed E-state index contributed by atoms with van der Waals surface area (Å²) in [5.74, 6) is -0.433. The number of nitrogens with one attached hydrogen (secondary N) is 1. The van der Waals surface area contributed by atoms with Crippen molar-refractivity contribution in [3.05, 3.63) is 53.1 Å². The van der Waals surface area contributed by atoms with Crippen LogP contribution in [0.2, 0.25) is 5.02 Å². The molecular weight excluding hydrogens is 380 g/mol. The van der Waals surface area contributed by atoms with E-state index in [-0.39, 0.29) is 11.4 Å². The highest BCUT2D eigenvalue weighted by atomic mass is 35.5. The van der Waals surface area contributed by atoms with Crippen LogP contribution in [0.25, 0.3) is 0 Å². The van der Waals surface area contributed by atoms with E-state index < -0.39 is 15.9 Å². The number of likely N-dealkylation sites (N-methyl/N-ethyl adjacent to an activating group) is 1. The van der Waals surface area contributed by atoms with Crippen LogP contribution in [-0.2, 0) is 14.8 Å². The number of aryl methyl sites for hydroxylation is 1. The Labute approximate surface area is 157 Å². The lowest BCUT2D eigenvalue weighted by Crippen LogP contribution is -2.35. The zero-order valence-corrected chi connectivity index (χ0v) is 16.5. The van der Waals surface area contributed by atoms with Gasteiger partial charge in [-0.2, -0.15) is 4.31 Å². The number of carbonyl (C=O) groups excluding carboxylic acids is 1. The van der Waals surface area contributed by atoms with Gasteiger partial charge in [0.25, 0.3) is 0 Å². The first-order valence-electron chi connectivity index (χ1n) is 7.40. The molecule has 5 nitrogen and oxygen atoms in total. The largest absolute Gasteiger partial charge is 0.325 e. The molecule has 2 aromatic rings. The highest BCUT2D eigenvalue weighted by molar-refractivity contribution is 7.98. The fraction of sp³-hybridized carbons (Fsp3) is 0.235. The SMILES string of the molecule is CSc1ccc(S(=O)(=O)N(C)CC(=O)Nc2cc(Cl)ccc2C)cc1.